The summed E-state index contributed by atoms with van der Waals surface area (Å²) >= 11 is 11.6. The highest BCUT2D eigenvalue weighted by Gasteiger charge is 2.56. The van der Waals surface area contributed by atoms with Crippen LogP contribution in [0.25, 0.3) is 0 Å². The van der Waals surface area contributed by atoms with Gasteiger partial charge in [-0.05, 0) is 12.8 Å². The minimum absolute atomic E-state index is 0.194. The van der Waals surface area contributed by atoms with Gasteiger partial charge in [-0.3, -0.25) is 0 Å². The van der Waals surface area contributed by atoms with E-state index < -0.39 is 9.84 Å². The van der Waals surface area contributed by atoms with Crippen LogP contribution in [-0.4, -0.2) is 29.7 Å². The molecule has 0 amide bonds. The maximum Gasteiger partial charge on any atom is 0.159 e. The Labute approximate surface area is 75.8 Å². The minimum Gasteiger partial charge on any atom is -0.228 e. The highest BCUT2D eigenvalue weighted by molar-refractivity contribution is 7.93. The van der Waals surface area contributed by atoms with Crippen molar-refractivity contribution in [2.24, 2.45) is 0 Å². The SMILES string of the molecule is O=S1(=O)[C@@H]2C[C@@H](Cl)[C@H]1C[C@H]2Cl. The van der Waals surface area contributed by atoms with Crippen molar-refractivity contribution in [2.75, 3.05) is 0 Å². The van der Waals surface area contributed by atoms with E-state index in [1.807, 2.05) is 0 Å². The summed E-state index contributed by atoms with van der Waals surface area (Å²) < 4.78 is 22.8. The normalized spacial score (nSPS) is 53.3. The molecule has 0 radical (unpaired) electrons. The van der Waals surface area contributed by atoms with E-state index in [0.717, 1.165) is 0 Å². The fourth-order valence-corrected chi connectivity index (χ4v) is 6.05. The zero-order valence-electron chi connectivity index (χ0n) is 5.70. The van der Waals surface area contributed by atoms with Gasteiger partial charge in [0.2, 0.25) is 0 Å². The lowest BCUT2D eigenvalue weighted by Crippen LogP contribution is -2.23. The van der Waals surface area contributed by atoms with Gasteiger partial charge < -0.3 is 0 Å². The molecule has 0 spiro atoms. The molecule has 2 nitrogen and oxygen atoms in total. The molecule has 2 bridgehead atoms. The molecule has 4 atom stereocenters. The molecule has 2 aliphatic heterocycles. The van der Waals surface area contributed by atoms with Crippen LogP contribution in [0.1, 0.15) is 12.8 Å². The van der Waals surface area contributed by atoms with Crippen molar-refractivity contribution in [3.05, 3.63) is 0 Å². The third-order valence-corrected chi connectivity index (χ3v) is 6.56. The molecule has 2 aliphatic rings. The molecule has 0 aromatic carbocycles. The van der Waals surface area contributed by atoms with E-state index in [1.54, 1.807) is 0 Å². The van der Waals surface area contributed by atoms with Gasteiger partial charge in [0.15, 0.2) is 9.84 Å². The number of alkyl halides is 2. The highest BCUT2D eigenvalue weighted by atomic mass is 35.5. The lowest BCUT2D eigenvalue weighted by atomic mass is 10.00. The summed E-state index contributed by atoms with van der Waals surface area (Å²) in [6.07, 6.45) is 1.09. The van der Waals surface area contributed by atoms with Crippen molar-refractivity contribution in [1.82, 2.24) is 0 Å². The number of sulfone groups is 1. The van der Waals surface area contributed by atoms with Gasteiger partial charge >= 0.3 is 0 Å². The summed E-state index contributed by atoms with van der Waals surface area (Å²) in [5, 5.41) is -1.12. The minimum atomic E-state index is -2.95. The van der Waals surface area contributed by atoms with Gasteiger partial charge in [0.1, 0.15) is 0 Å². The van der Waals surface area contributed by atoms with Crippen LogP contribution in [0.5, 0.6) is 0 Å². The van der Waals surface area contributed by atoms with Crippen molar-refractivity contribution in [1.29, 1.82) is 0 Å². The Morgan fingerprint density at radius 3 is 1.55 bits per heavy atom. The standard InChI is InChI=1S/C6H8Cl2O2S/c7-3-1-5-4(8)2-6(3)11(5,9)10/h3-6H,1-2H2/t3-,4-,5-,6-/m1/s1. The van der Waals surface area contributed by atoms with Gasteiger partial charge in [-0.2, -0.15) is 0 Å². The van der Waals surface area contributed by atoms with E-state index >= 15 is 0 Å². The van der Waals surface area contributed by atoms with Crippen molar-refractivity contribution < 1.29 is 8.42 Å². The van der Waals surface area contributed by atoms with Crippen LogP contribution < -0.4 is 0 Å². The molecule has 2 heterocycles. The molecule has 5 heteroatoms. The number of hydrogen-bond acceptors (Lipinski definition) is 2. The number of fused-ring (bicyclic) bond motifs is 2. The number of hydrogen-bond donors (Lipinski definition) is 0. The van der Waals surface area contributed by atoms with E-state index in [2.05, 4.69) is 0 Å². The fraction of sp³-hybridized carbons (Fsp3) is 1.00. The average molecular weight is 215 g/mol. The van der Waals surface area contributed by atoms with Gasteiger partial charge in [0.05, 0.1) is 21.3 Å². The first-order valence-corrected chi connectivity index (χ1v) is 6.02. The second kappa shape index (κ2) is 2.27. The average Bonchev–Trinajstić information content (AvgIpc) is 2.21. The largest absolute Gasteiger partial charge is 0.228 e. The topological polar surface area (TPSA) is 34.1 Å². The van der Waals surface area contributed by atoms with Crippen LogP contribution in [0.2, 0.25) is 0 Å². The molecular formula is C6H8Cl2O2S. The van der Waals surface area contributed by atoms with Crippen LogP contribution in [0.3, 0.4) is 0 Å². The first-order chi connectivity index (χ1) is 5.03. The molecule has 2 saturated heterocycles. The summed E-state index contributed by atoms with van der Waals surface area (Å²) in [5.74, 6) is 0. The second-order valence-corrected chi connectivity index (χ2v) is 6.68. The highest BCUT2D eigenvalue weighted by Crippen LogP contribution is 2.45. The third kappa shape index (κ3) is 0.941. The monoisotopic (exact) mass is 214 g/mol. The number of halogens is 2. The van der Waals surface area contributed by atoms with Gasteiger partial charge in [0, 0.05) is 0 Å². The lowest BCUT2D eigenvalue weighted by Gasteiger charge is -2.14. The summed E-state index contributed by atoms with van der Waals surface area (Å²) in [6.45, 7) is 0. The van der Waals surface area contributed by atoms with Gasteiger partial charge in [0.25, 0.3) is 0 Å². The van der Waals surface area contributed by atoms with Gasteiger partial charge in [-0.15, -0.1) is 23.2 Å². The molecule has 0 aromatic rings. The number of rotatable bonds is 0. The summed E-state index contributed by atoms with van der Waals surface area (Å²) in [7, 11) is -2.95. The molecule has 2 rings (SSSR count). The van der Waals surface area contributed by atoms with Crippen LogP contribution in [-0.2, 0) is 9.84 Å². The Morgan fingerprint density at radius 1 is 1.00 bits per heavy atom. The van der Waals surface area contributed by atoms with E-state index in [1.165, 1.54) is 0 Å². The maximum atomic E-state index is 11.4. The second-order valence-electron chi connectivity index (χ2n) is 3.17. The van der Waals surface area contributed by atoms with E-state index in [4.69, 9.17) is 23.2 Å². The molecule has 0 unspecified atom stereocenters. The van der Waals surface area contributed by atoms with E-state index in [-0.39, 0.29) is 21.3 Å². The first kappa shape index (κ1) is 8.14. The molecule has 0 N–H and O–H groups in total. The summed E-state index contributed by atoms with van der Waals surface area (Å²) in [5.41, 5.74) is 0. The predicted molar refractivity (Wildman–Crippen MR) is 45.0 cm³/mol. The zero-order chi connectivity index (χ0) is 8.22. The van der Waals surface area contributed by atoms with Crippen LogP contribution in [0.4, 0.5) is 0 Å². The first-order valence-electron chi connectivity index (χ1n) is 3.54. The summed E-state index contributed by atoms with van der Waals surface area (Å²) in [6, 6.07) is 0. The molecule has 64 valence electrons. The van der Waals surface area contributed by atoms with Crippen LogP contribution >= 0.6 is 23.2 Å². The van der Waals surface area contributed by atoms with Crippen LogP contribution in [0.15, 0.2) is 0 Å². The van der Waals surface area contributed by atoms with Gasteiger partial charge in [-0.1, -0.05) is 0 Å². The Kier molecular flexibility index (Phi) is 1.68. The smallest absolute Gasteiger partial charge is 0.159 e. The zero-order valence-corrected chi connectivity index (χ0v) is 8.03. The lowest BCUT2D eigenvalue weighted by molar-refractivity contribution is 0.590. The molecule has 0 aliphatic carbocycles. The maximum absolute atomic E-state index is 11.4. The van der Waals surface area contributed by atoms with E-state index in [9.17, 15) is 8.42 Å². The van der Waals surface area contributed by atoms with E-state index in [0.29, 0.717) is 12.8 Å². The Morgan fingerprint density at radius 2 is 1.36 bits per heavy atom. The van der Waals surface area contributed by atoms with Crippen molar-refractivity contribution in [3.63, 3.8) is 0 Å². The Hall–Kier alpha value is 0.530. The fourth-order valence-electron chi connectivity index (χ4n) is 1.95. The molecular weight excluding hydrogens is 207 g/mol. The molecule has 0 saturated carbocycles. The van der Waals surface area contributed by atoms with Gasteiger partial charge in [-0.25, -0.2) is 8.42 Å². The van der Waals surface area contributed by atoms with Crippen LogP contribution in [0, 0.1) is 0 Å². The van der Waals surface area contributed by atoms with Crippen molar-refractivity contribution in [3.8, 4) is 0 Å². The Bertz CT molecular complexity index is 252. The molecule has 11 heavy (non-hydrogen) atoms. The quantitative estimate of drug-likeness (QED) is 0.568. The third-order valence-electron chi connectivity index (χ3n) is 2.57. The summed E-state index contributed by atoms with van der Waals surface area (Å²) in [4.78, 5) is 0. The molecule has 0 aromatic heterocycles. The Balaban J connectivity index is 2.44. The molecule has 2 fully saturated rings. The predicted octanol–water partition coefficient (Wildman–Crippen LogP) is 1.16. The van der Waals surface area contributed by atoms with Crippen molar-refractivity contribution in [2.45, 2.75) is 34.1 Å². The van der Waals surface area contributed by atoms with Crippen molar-refractivity contribution >= 4 is 33.0 Å².